The van der Waals surface area contributed by atoms with Crippen LogP contribution >= 0.6 is 0 Å². The van der Waals surface area contributed by atoms with Crippen molar-refractivity contribution >= 4 is 5.91 Å². The van der Waals surface area contributed by atoms with Gasteiger partial charge in [0.1, 0.15) is 5.69 Å². The number of amides is 1. The molecule has 6 nitrogen and oxygen atoms in total. The normalized spacial score (nSPS) is 10.1. The third-order valence-electron chi connectivity index (χ3n) is 1.86. The van der Waals surface area contributed by atoms with E-state index in [1.807, 2.05) is 0 Å². The van der Waals surface area contributed by atoms with Crippen LogP contribution in [-0.2, 0) is 0 Å². The van der Waals surface area contributed by atoms with Crippen LogP contribution in [0.1, 0.15) is 10.5 Å². The van der Waals surface area contributed by atoms with Crippen molar-refractivity contribution in [1.29, 1.82) is 0 Å². The molecule has 0 aromatic carbocycles. The van der Waals surface area contributed by atoms with Gasteiger partial charge in [0.15, 0.2) is 5.82 Å². The highest BCUT2D eigenvalue weighted by atomic mass is 16.2. The molecular formula is C9H8N4O2. The van der Waals surface area contributed by atoms with Gasteiger partial charge < -0.3 is 5.73 Å². The van der Waals surface area contributed by atoms with Gasteiger partial charge in [-0.05, 0) is 12.1 Å². The second-order valence-electron chi connectivity index (χ2n) is 2.90. The third-order valence-corrected chi connectivity index (χ3v) is 1.86. The van der Waals surface area contributed by atoms with Gasteiger partial charge in [-0.15, -0.1) is 0 Å². The number of nitrogens with zero attached hydrogens (tertiary/aromatic N) is 2. The molecular weight excluding hydrogens is 196 g/mol. The summed E-state index contributed by atoms with van der Waals surface area (Å²) in [6.07, 6.45) is 1.55. The summed E-state index contributed by atoms with van der Waals surface area (Å²) in [5, 5.41) is 2.56. The minimum absolute atomic E-state index is 0.0608. The van der Waals surface area contributed by atoms with E-state index in [-0.39, 0.29) is 11.3 Å². The second-order valence-corrected chi connectivity index (χ2v) is 2.90. The molecule has 76 valence electrons. The van der Waals surface area contributed by atoms with Crippen LogP contribution in [0.2, 0.25) is 0 Å². The lowest BCUT2D eigenvalue weighted by Crippen LogP contribution is -2.15. The van der Waals surface area contributed by atoms with Crippen molar-refractivity contribution in [1.82, 2.24) is 14.8 Å². The van der Waals surface area contributed by atoms with E-state index in [0.29, 0.717) is 5.82 Å². The Bertz CT molecular complexity index is 541. The fourth-order valence-corrected chi connectivity index (χ4v) is 1.18. The Labute approximate surface area is 84.3 Å². The Kier molecular flexibility index (Phi) is 2.09. The van der Waals surface area contributed by atoms with Crippen molar-refractivity contribution in [3.05, 3.63) is 46.5 Å². The van der Waals surface area contributed by atoms with Crippen molar-refractivity contribution in [2.75, 3.05) is 0 Å². The molecule has 0 aliphatic heterocycles. The van der Waals surface area contributed by atoms with Gasteiger partial charge >= 0.3 is 0 Å². The molecule has 2 aromatic heterocycles. The van der Waals surface area contributed by atoms with Crippen LogP contribution in [0, 0.1) is 0 Å². The summed E-state index contributed by atoms with van der Waals surface area (Å²) in [6.45, 7) is 0. The van der Waals surface area contributed by atoms with E-state index in [9.17, 15) is 9.59 Å². The van der Waals surface area contributed by atoms with Gasteiger partial charge in [-0.2, -0.15) is 0 Å². The largest absolute Gasteiger partial charge is 0.364 e. The molecule has 3 N–H and O–H groups in total. The highest BCUT2D eigenvalue weighted by Crippen LogP contribution is 1.98. The predicted molar refractivity (Wildman–Crippen MR) is 52.7 cm³/mol. The van der Waals surface area contributed by atoms with Crippen molar-refractivity contribution in [2.45, 2.75) is 0 Å². The average molecular weight is 204 g/mol. The number of H-pyrrole nitrogens is 1. The van der Waals surface area contributed by atoms with Gasteiger partial charge in [0.05, 0.1) is 0 Å². The lowest BCUT2D eigenvalue weighted by atomic mass is 10.4. The number of nitrogens with one attached hydrogen (secondary N) is 1. The first-order chi connectivity index (χ1) is 7.18. The van der Waals surface area contributed by atoms with Gasteiger partial charge in [0.25, 0.3) is 11.5 Å². The first-order valence-corrected chi connectivity index (χ1v) is 4.22. The van der Waals surface area contributed by atoms with Crippen molar-refractivity contribution < 1.29 is 4.79 Å². The van der Waals surface area contributed by atoms with Gasteiger partial charge in [-0.3, -0.25) is 14.7 Å². The summed E-state index contributed by atoms with van der Waals surface area (Å²) in [7, 11) is 0. The van der Waals surface area contributed by atoms with Crippen LogP contribution in [0.15, 0.2) is 35.3 Å². The smallest absolute Gasteiger partial charge is 0.273 e. The molecule has 0 saturated carbocycles. The maximum absolute atomic E-state index is 11.4. The molecule has 0 fully saturated rings. The molecule has 0 saturated heterocycles. The minimum atomic E-state index is -0.679. The Morgan fingerprint density at radius 1 is 1.47 bits per heavy atom. The zero-order valence-corrected chi connectivity index (χ0v) is 7.68. The highest BCUT2D eigenvalue weighted by Gasteiger charge is 2.08. The highest BCUT2D eigenvalue weighted by molar-refractivity contribution is 5.90. The number of carbonyl (C=O) groups excluding carboxylic acids is 1. The van der Waals surface area contributed by atoms with E-state index in [1.165, 1.54) is 0 Å². The molecule has 0 atom stereocenters. The molecule has 0 radical (unpaired) electrons. The van der Waals surface area contributed by atoms with E-state index in [0.717, 1.165) is 10.7 Å². The lowest BCUT2D eigenvalue weighted by molar-refractivity contribution is 0.0995. The molecule has 2 aromatic rings. The molecule has 0 bridgehead atoms. The van der Waals surface area contributed by atoms with Crippen LogP contribution in [0.25, 0.3) is 5.82 Å². The van der Waals surface area contributed by atoms with Crippen molar-refractivity contribution in [2.24, 2.45) is 5.73 Å². The van der Waals surface area contributed by atoms with Crippen LogP contribution in [-0.4, -0.2) is 20.7 Å². The molecule has 1 amide bonds. The van der Waals surface area contributed by atoms with E-state index in [4.69, 9.17) is 5.73 Å². The molecule has 0 unspecified atom stereocenters. The second kappa shape index (κ2) is 3.41. The summed E-state index contributed by atoms with van der Waals surface area (Å²) in [5.74, 6) is -0.267. The third kappa shape index (κ3) is 1.64. The Hall–Kier alpha value is -2.37. The number of aromatic nitrogens is 3. The SMILES string of the molecule is NC(=O)c1cc(=O)n(-c2ccccn2)[nH]1. The Morgan fingerprint density at radius 3 is 2.80 bits per heavy atom. The zero-order valence-electron chi connectivity index (χ0n) is 7.68. The van der Waals surface area contributed by atoms with Crippen LogP contribution < -0.4 is 11.3 Å². The number of pyridine rings is 1. The summed E-state index contributed by atoms with van der Waals surface area (Å²) < 4.78 is 1.15. The number of hydrogen-bond acceptors (Lipinski definition) is 3. The van der Waals surface area contributed by atoms with Crippen molar-refractivity contribution in [3.8, 4) is 5.82 Å². The predicted octanol–water partition coefficient (Wildman–Crippen LogP) is -0.341. The molecule has 6 heteroatoms. The summed E-state index contributed by atoms with van der Waals surface area (Å²) in [4.78, 5) is 26.2. The fraction of sp³-hybridized carbons (Fsp3) is 0. The molecule has 15 heavy (non-hydrogen) atoms. The fourth-order valence-electron chi connectivity index (χ4n) is 1.18. The van der Waals surface area contributed by atoms with Gasteiger partial charge in [0, 0.05) is 12.3 Å². The van der Waals surface area contributed by atoms with Crippen LogP contribution in [0.4, 0.5) is 0 Å². The van der Waals surface area contributed by atoms with Gasteiger partial charge in [0.2, 0.25) is 0 Å². The standard InChI is InChI=1S/C9H8N4O2/c10-9(15)6-5-8(14)13(12-6)7-3-1-2-4-11-7/h1-5,12H,(H2,10,15). The number of aromatic amines is 1. The number of rotatable bonds is 2. The quantitative estimate of drug-likeness (QED) is 0.700. The number of primary amides is 1. The lowest BCUT2D eigenvalue weighted by Gasteiger charge is -1.98. The number of carbonyl (C=O) groups is 1. The first-order valence-electron chi connectivity index (χ1n) is 4.22. The van der Waals surface area contributed by atoms with Crippen molar-refractivity contribution in [3.63, 3.8) is 0 Å². The van der Waals surface area contributed by atoms with E-state index >= 15 is 0 Å². The topological polar surface area (TPSA) is 93.8 Å². The molecule has 0 spiro atoms. The molecule has 0 aliphatic carbocycles. The van der Waals surface area contributed by atoms with E-state index in [2.05, 4.69) is 10.1 Å². The zero-order chi connectivity index (χ0) is 10.8. The monoisotopic (exact) mass is 204 g/mol. The average Bonchev–Trinajstić information content (AvgIpc) is 2.62. The van der Waals surface area contributed by atoms with E-state index in [1.54, 1.807) is 24.4 Å². The van der Waals surface area contributed by atoms with Gasteiger partial charge in [-0.25, -0.2) is 9.67 Å². The number of hydrogen-bond donors (Lipinski definition) is 2. The van der Waals surface area contributed by atoms with Crippen LogP contribution in [0.5, 0.6) is 0 Å². The number of nitrogens with two attached hydrogens (primary N) is 1. The van der Waals surface area contributed by atoms with E-state index < -0.39 is 5.91 Å². The summed E-state index contributed by atoms with van der Waals surface area (Å²) in [6, 6.07) is 6.24. The molecule has 2 rings (SSSR count). The maximum Gasteiger partial charge on any atom is 0.273 e. The van der Waals surface area contributed by atoms with Crippen LogP contribution in [0.3, 0.4) is 0 Å². The minimum Gasteiger partial charge on any atom is -0.364 e. The summed E-state index contributed by atoms with van der Waals surface area (Å²) >= 11 is 0. The summed E-state index contributed by atoms with van der Waals surface area (Å²) in [5.41, 5.74) is 4.72. The molecule has 2 heterocycles. The Morgan fingerprint density at radius 2 is 2.27 bits per heavy atom. The maximum atomic E-state index is 11.4. The van der Waals surface area contributed by atoms with Gasteiger partial charge in [-0.1, -0.05) is 6.07 Å². The Balaban J connectivity index is 2.55. The first kappa shape index (κ1) is 9.20. The molecule has 0 aliphatic rings.